The van der Waals surface area contributed by atoms with Gasteiger partial charge in [0.25, 0.3) is 11.7 Å². The number of hydrogen-bond acceptors (Lipinski definition) is 7. The number of ketones is 1. The van der Waals surface area contributed by atoms with Crippen molar-refractivity contribution in [2.75, 3.05) is 34.3 Å². The van der Waals surface area contributed by atoms with Crippen molar-refractivity contribution in [3.05, 3.63) is 106 Å². The fourth-order valence-electron chi connectivity index (χ4n) is 4.73. The van der Waals surface area contributed by atoms with E-state index < -0.39 is 23.7 Å². The van der Waals surface area contributed by atoms with Crippen LogP contribution in [0.5, 0.6) is 5.75 Å². The van der Waals surface area contributed by atoms with E-state index in [1.54, 1.807) is 48.5 Å². The zero-order valence-corrected chi connectivity index (χ0v) is 23.2. The molecule has 0 radical (unpaired) electrons. The number of hydrogen-bond donors (Lipinski definition) is 1. The van der Waals surface area contributed by atoms with E-state index in [1.165, 1.54) is 12.0 Å². The maximum atomic E-state index is 13.3. The maximum Gasteiger partial charge on any atom is 0.337 e. The van der Waals surface area contributed by atoms with Crippen LogP contribution in [0.1, 0.15) is 45.1 Å². The molecule has 1 aliphatic rings. The van der Waals surface area contributed by atoms with Gasteiger partial charge >= 0.3 is 5.97 Å². The number of carbonyl (C=O) groups excluding carboxylic acids is 3. The molecule has 1 fully saturated rings. The normalized spacial score (nSPS) is 16.4. The molecular weight excluding hydrogens is 508 g/mol. The molecule has 1 N–H and O–H groups in total. The molecule has 1 aliphatic heterocycles. The van der Waals surface area contributed by atoms with E-state index in [-0.39, 0.29) is 11.3 Å². The molecule has 0 aromatic heterocycles. The second kappa shape index (κ2) is 12.6. The predicted octanol–water partition coefficient (Wildman–Crippen LogP) is 4.73. The summed E-state index contributed by atoms with van der Waals surface area (Å²) in [6.07, 6.45) is 0.643. The molecule has 1 saturated heterocycles. The lowest BCUT2D eigenvalue weighted by Crippen LogP contribution is -2.32. The Hall–Kier alpha value is -4.43. The van der Waals surface area contributed by atoms with Gasteiger partial charge in [-0.25, -0.2) is 4.79 Å². The van der Waals surface area contributed by atoms with Gasteiger partial charge in [0.15, 0.2) is 0 Å². The third-order valence-corrected chi connectivity index (χ3v) is 6.98. The van der Waals surface area contributed by atoms with Crippen LogP contribution in [0.4, 0.5) is 0 Å². The zero-order valence-electron chi connectivity index (χ0n) is 23.2. The summed E-state index contributed by atoms with van der Waals surface area (Å²) in [6, 6.07) is 20.5. The number of esters is 1. The fraction of sp³-hybridized carbons (Fsp3) is 0.281. The third kappa shape index (κ3) is 6.24. The number of carbonyl (C=O) groups is 3. The van der Waals surface area contributed by atoms with Crippen LogP contribution in [0.3, 0.4) is 0 Å². The van der Waals surface area contributed by atoms with Gasteiger partial charge in [-0.1, -0.05) is 36.4 Å². The quantitative estimate of drug-likeness (QED) is 0.171. The topological polar surface area (TPSA) is 96.4 Å². The fourth-order valence-corrected chi connectivity index (χ4v) is 4.73. The van der Waals surface area contributed by atoms with Crippen LogP contribution in [-0.4, -0.2) is 66.9 Å². The van der Waals surface area contributed by atoms with Crippen molar-refractivity contribution in [1.82, 2.24) is 9.80 Å². The van der Waals surface area contributed by atoms with Crippen LogP contribution in [0, 0.1) is 6.92 Å². The van der Waals surface area contributed by atoms with Gasteiger partial charge in [0.2, 0.25) is 0 Å². The van der Waals surface area contributed by atoms with Gasteiger partial charge in [0.05, 0.1) is 24.3 Å². The second-order valence-corrected chi connectivity index (χ2v) is 10.0. The number of aryl methyl sites for hydroxylation is 1. The summed E-state index contributed by atoms with van der Waals surface area (Å²) in [5.41, 5.74) is 3.56. The van der Waals surface area contributed by atoms with Crippen molar-refractivity contribution in [2.45, 2.75) is 26.0 Å². The summed E-state index contributed by atoms with van der Waals surface area (Å²) in [7, 11) is 5.17. The van der Waals surface area contributed by atoms with Crippen molar-refractivity contribution in [3.63, 3.8) is 0 Å². The minimum Gasteiger partial charge on any atom is -0.507 e. The summed E-state index contributed by atoms with van der Waals surface area (Å²) >= 11 is 0. The Morgan fingerprint density at radius 3 is 2.23 bits per heavy atom. The van der Waals surface area contributed by atoms with Crippen molar-refractivity contribution < 1.29 is 29.0 Å². The van der Waals surface area contributed by atoms with Crippen LogP contribution >= 0.6 is 0 Å². The van der Waals surface area contributed by atoms with Crippen molar-refractivity contribution in [1.29, 1.82) is 0 Å². The molecule has 0 saturated carbocycles. The Kier molecular flexibility index (Phi) is 9.01. The van der Waals surface area contributed by atoms with Crippen LogP contribution in [0.15, 0.2) is 78.4 Å². The minimum atomic E-state index is -0.800. The zero-order chi connectivity index (χ0) is 28.8. The predicted molar refractivity (Wildman–Crippen MR) is 152 cm³/mol. The number of ether oxygens (including phenoxy) is 2. The summed E-state index contributed by atoms with van der Waals surface area (Å²) < 4.78 is 10.7. The van der Waals surface area contributed by atoms with Crippen LogP contribution in [-0.2, 0) is 20.9 Å². The molecule has 1 atom stereocenters. The standard InChI is InChI=1S/C32H34N2O6/c1-21-8-5-6-9-25(21)20-40-26-16-14-23(15-17-26)29(35)27-28(22-10-12-24(13-11-22)32(38)39-4)34(31(37)30(27)36)19-7-18-33(2)3/h5-6,8-17,28,35H,7,18-20H2,1-4H3/b29-27+. The molecule has 4 rings (SSSR count). The largest absolute Gasteiger partial charge is 0.507 e. The molecule has 1 unspecified atom stereocenters. The molecule has 8 nitrogen and oxygen atoms in total. The van der Waals surface area contributed by atoms with Crippen LogP contribution < -0.4 is 4.74 Å². The van der Waals surface area contributed by atoms with E-state index in [0.29, 0.717) is 42.0 Å². The molecule has 40 heavy (non-hydrogen) atoms. The van der Waals surface area contributed by atoms with Gasteiger partial charge < -0.3 is 24.4 Å². The van der Waals surface area contributed by atoms with Crippen LogP contribution in [0.2, 0.25) is 0 Å². The van der Waals surface area contributed by atoms with Gasteiger partial charge in [-0.2, -0.15) is 0 Å². The summed E-state index contributed by atoms with van der Waals surface area (Å²) in [5, 5.41) is 11.3. The summed E-state index contributed by atoms with van der Waals surface area (Å²) in [6.45, 7) is 3.47. The number of amides is 1. The van der Waals surface area contributed by atoms with E-state index >= 15 is 0 Å². The Bertz CT molecular complexity index is 1410. The first-order chi connectivity index (χ1) is 19.2. The van der Waals surface area contributed by atoms with E-state index in [1.807, 2.05) is 50.2 Å². The smallest absolute Gasteiger partial charge is 0.337 e. The molecule has 1 amide bonds. The van der Waals surface area contributed by atoms with Gasteiger partial charge in [-0.05, 0) is 87.1 Å². The number of benzene rings is 3. The molecule has 0 aliphatic carbocycles. The highest BCUT2D eigenvalue weighted by Crippen LogP contribution is 2.39. The lowest BCUT2D eigenvalue weighted by atomic mass is 9.94. The molecule has 208 valence electrons. The number of Topliss-reactive ketones (excluding diaryl/α,β-unsaturated/α-hetero) is 1. The highest BCUT2D eigenvalue weighted by molar-refractivity contribution is 6.46. The highest BCUT2D eigenvalue weighted by Gasteiger charge is 2.45. The first kappa shape index (κ1) is 28.6. The van der Waals surface area contributed by atoms with Crippen LogP contribution in [0.25, 0.3) is 5.76 Å². The monoisotopic (exact) mass is 542 g/mol. The minimum absolute atomic E-state index is 0.00856. The number of methoxy groups -OCH3 is 1. The number of rotatable bonds is 10. The Morgan fingerprint density at radius 1 is 0.950 bits per heavy atom. The second-order valence-electron chi connectivity index (χ2n) is 10.0. The van der Waals surface area contributed by atoms with Crippen molar-refractivity contribution in [2.24, 2.45) is 0 Å². The van der Waals surface area contributed by atoms with Gasteiger partial charge in [-0.15, -0.1) is 0 Å². The Balaban J connectivity index is 1.65. The molecule has 0 spiro atoms. The van der Waals surface area contributed by atoms with Gasteiger partial charge in [0, 0.05) is 12.1 Å². The maximum absolute atomic E-state index is 13.3. The van der Waals surface area contributed by atoms with E-state index in [0.717, 1.165) is 17.7 Å². The van der Waals surface area contributed by atoms with Crippen molar-refractivity contribution in [3.8, 4) is 5.75 Å². The van der Waals surface area contributed by atoms with E-state index in [9.17, 15) is 19.5 Å². The van der Waals surface area contributed by atoms with Gasteiger partial charge in [-0.3, -0.25) is 9.59 Å². The highest BCUT2D eigenvalue weighted by atomic mass is 16.5. The molecule has 8 heteroatoms. The van der Waals surface area contributed by atoms with E-state index in [2.05, 4.69) is 0 Å². The lowest BCUT2D eigenvalue weighted by Gasteiger charge is -2.26. The number of aliphatic hydroxyl groups excluding tert-OH is 1. The molecule has 3 aromatic rings. The number of likely N-dealkylation sites (tertiary alicyclic amines) is 1. The molecular formula is C32H34N2O6. The third-order valence-electron chi connectivity index (χ3n) is 6.98. The molecule has 1 heterocycles. The number of aliphatic hydroxyl groups is 1. The molecule has 0 bridgehead atoms. The average Bonchev–Trinajstić information content (AvgIpc) is 3.21. The average molecular weight is 543 g/mol. The Labute approximate surface area is 234 Å². The Morgan fingerprint density at radius 2 is 1.60 bits per heavy atom. The van der Waals surface area contributed by atoms with Crippen molar-refractivity contribution >= 4 is 23.4 Å². The van der Waals surface area contributed by atoms with Gasteiger partial charge in [0.1, 0.15) is 18.1 Å². The first-order valence-electron chi connectivity index (χ1n) is 13.1. The van der Waals surface area contributed by atoms with E-state index in [4.69, 9.17) is 9.47 Å². The summed E-state index contributed by atoms with van der Waals surface area (Å²) in [4.78, 5) is 41.9. The molecule has 3 aromatic carbocycles. The summed E-state index contributed by atoms with van der Waals surface area (Å²) in [5.74, 6) is -1.55. The first-order valence-corrected chi connectivity index (χ1v) is 13.1. The lowest BCUT2D eigenvalue weighted by molar-refractivity contribution is -0.139. The number of nitrogens with zero attached hydrogens (tertiary/aromatic N) is 2. The SMILES string of the molecule is COC(=O)c1ccc(C2/C(=C(\O)c3ccc(OCc4ccccc4C)cc3)C(=O)C(=O)N2CCCN(C)C)cc1.